The maximum atomic E-state index is 12.3. The van der Waals surface area contributed by atoms with Crippen LogP contribution in [0.25, 0.3) is 0 Å². The van der Waals surface area contributed by atoms with Gasteiger partial charge in [0.15, 0.2) is 5.79 Å². The summed E-state index contributed by atoms with van der Waals surface area (Å²) in [5.41, 5.74) is 1.28. The van der Waals surface area contributed by atoms with Gasteiger partial charge in [-0.05, 0) is 17.7 Å². The molecule has 3 heterocycles. The molecule has 8 nitrogen and oxygen atoms in total. The highest BCUT2D eigenvalue weighted by Gasteiger charge is 2.40. The number of nitrogens with one attached hydrogen (secondary N) is 1. The molecular weight excluding hydrogens is 360 g/mol. The topological polar surface area (TPSA) is 85.8 Å². The van der Waals surface area contributed by atoms with Crippen molar-refractivity contribution in [1.29, 1.82) is 0 Å². The van der Waals surface area contributed by atoms with E-state index in [4.69, 9.17) is 14.2 Å². The standard InChI is InChI=1S/C20H24N4O4/c1-26-16-4-2-15(3-5-16)12-23-19(25)17-13-22-18(14-21-17)24-8-6-20(7-9-24)27-10-11-28-20/h2-5,13-14H,6-12H2,1H3,(H,23,25). The number of benzene rings is 1. The van der Waals surface area contributed by atoms with E-state index in [0.29, 0.717) is 25.5 Å². The van der Waals surface area contributed by atoms with Crippen LogP contribution in [0.15, 0.2) is 36.7 Å². The monoisotopic (exact) mass is 384 g/mol. The second-order valence-corrected chi connectivity index (χ2v) is 6.89. The van der Waals surface area contributed by atoms with Gasteiger partial charge in [0.25, 0.3) is 5.91 Å². The number of anilines is 1. The summed E-state index contributed by atoms with van der Waals surface area (Å²) in [5.74, 6) is 0.886. The highest BCUT2D eigenvalue weighted by molar-refractivity contribution is 5.91. The molecule has 148 valence electrons. The van der Waals surface area contributed by atoms with Crippen LogP contribution >= 0.6 is 0 Å². The molecule has 0 saturated carbocycles. The molecule has 4 rings (SSSR count). The van der Waals surface area contributed by atoms with Gasteiger partial charge in [0.1, 0.15) is 17.3 Å². The van der Waals surface area contributed by atoms with E-state index >= 15 is 0 Å². The average molecular weight is 384 g/mol. The summed E-state index contributed by atoms with van der Waals surface area (Å²) >= 11 is 0. The molecule has 0 unspecified atom stereocenters. The molecule has 1 aromatic heterocycles. The molecule has 1 amide bonds. The summed E-state index contributed by atoms with van der Waals surface area (Å²) in [4.78, 5) is 23.2. The van der Waals surface area contributed by atoms with E-state index in [1.807, 2.05) is 24.3 Å². The predicted octanol–water partition coefficient (Wildman–Crippen LogP) is 1.76. The number of hydrogen-bond acceptors (Lipinski definition) is 7. The van der Waals surface area contributed by atoms with E-state index in [-0.39, 0.29) is 5.91 Å². The third-order valence-corrected chi connectivity index (χ3v) is 5.15. The fourth-order valence-corrected chi connectivity index (χ4v) is 3.48. The lowest BCUT2D eigenvalue weighted by Crippen LogP contribution is -2.45. The quantitative estimate of drug-likeness (QED) is 0.841. The zero-order chi connectivity index (χ0) is 19.4. The highest BCUT2D eigenvalue weighted by atomic mass is 16.7. The molecule has 0 atom stereocenters. The van der Waals surface area contributed by atoms with Crippen molar-refractivity contribution in [2.24, 2.45) is 0 Å². The van der Waals surface area contributed by atoms with E-state index in [9.17, 15) is 4.79 Å². The molecule has 2 fully saturated rings. The number of ether oxygens (including phenoxy) is 3. The van der Waals surface area contributed by atoms with Crippen molar-refractivity contribution in [3.05, 3.63) is 47.9 Å². The van der Waals surface area contributed by atoms with Gasteiger partial charge in [-0.1, -0.05) is 12.1 Å². The van der Waals surface area contributed by atoms with Crippen LogP contribution in [0.5, 0.6) is 5.75 Å². The van der Waals surface area contributed by atoms with Crippen molar-refractivity contribution in [3.8, 4) is 5.75 Å². The Bertz CT molecular complexity index is 794. The molecule has 0 bridgehead atoms. The molecular formula is C20H24N4O4. The third kappa shape index (κ3) is 4.07. The summed E-state index contributed by atoms with van der Waals surface area (Å²) in [7, 11) is 1.62. The number of rotatable bonds is 5. The van der Waals surface area contributed by atoms with Crippen molar-refractivity contribution in [2.45, 2.75) is 25.2 Å². The molecule has 8 heteroatoms. The van der Waals surface area contributed by atoms with Gasteiger partial charge in [-0.15, -0.1) is 0 Å². The maximum Gasteiger partial charge on any atom is 0.271 e. The van der Waals surface area contributed by atoms with E-state index in [1.54, 1.807) is 13.3 Å². The van der Waals surface area contributed by atoms with Gasteiger partial charge >= 0.3 is 0 Å². The van der Waals surface area contributed by atoms with E-state index in [1.165, 1.54) is 6.20 Å². The van der Waals surface area contributed by atoms with Crippen molar-refractivity contribution < 1.29 is 19.0 Å². The molecule has 2 aromatic rings. The van der Waals surface area contributed by atoms with Crippen molar-refractivity contribution in [1.82, 2.24) is 15.3 Å². The Balaban J connectivity index is 1.30. The largest absolute Gasteiger partial charge is 0.497 e. The molecule has 0 radical (unpaired) electrons. The lowest BCUT2D eigenvalue weighted by Gasteiger charge is -2.37. The molecule has 2 saturated heterocycles. The van der Waals surface area contributed by atoms with E-state index in [0.717, 1.165) is 43.1 Å². The molecule has 0 aliphatic carbocycles. The lowest BCUT2D eigenvalue weighted by molar-refractivity contribution is -0.169. The van der Waals surface area contributed by atoms with E-state index < -0.39 is 5.79 Å². The molecule has 1 aromatic carbocycles. The van der Waals surface area contributed by atoms with Crippen molar-refractivity contribution >= 4 is 11.7 Å². The Hall–Kier alpha value is -2.71. The van der Waals surface area contributed by atoms with E-state index in [2.05, 4.69) is 20.2 Å². The summed E-state index contributed by atoms with van der Waals surface area (Å²) in [5, 5.41) is 2.86. The summed E-state index contributed by atoms with van der Waals surface area (Å²) in [6, 6.07) is 7.55. The Morgan fingerprint density at radius 3 is 2.46 bits per heavy atom. The van der Waals surface area contributed by atoms with Crippen molar-refractivity contribution in [2.75, 3.05) is 38.3 Å². The smallest absolute Gasteiger partial charge is 0.271 e. The molecule has 1 spiro atoms. The van der Waals surface area contributed by atoms with Gasteiger partial charge in [-0.2, -0.15) is 0 Å². The Morgan fingerprint density at radius 1 is 1.14 bits per heavy atom. The van der Waals surface area contributed by atoms with Gasteiger partial charge in [-0.3, -0.25) is 4.79 Å². The minimum atomic E-state index is -0.411. The van der Waals surface area contributed by atoms with Crippen LogP contribution in [-0.2, 0) is 16.0 Å². The number of aromatic nitrogens is 2. The van der Waals surface area contributed by atoms with Crippen LogP contribution in [0.3, 0.4) is 0 Å². The van der Waals surface area contributed by atoms with Gasteiger partial charge < -0.3 is 24.4 Å². The van der Waals surface area contributed by atoms with Crippen LogP contribution < -0.4 is 15.0 Å². The number of methoxy groups -OCH3 is 1. The zero-order valence-corrected chi connectivity index (χ0v) is 15.9. The van der Waals surface area contributed by atoms with Crippen LogP contribution in [0.1, 0.15) is 28.9 Å². The van der Waals surface area contributed by atoms with Crippen LogP contribution in [0, 0.1) is 0 Å². The summed E-state index contributed by atoms with van der Waals surface area (Å²) in [6.07, 6.45) is 4.78. The first kappa shape index (κ1) is 18.6. The normalized spacial score (nSPS) is 18.2. The van der Waals surface area contributed by atoms with Crippen LogP contribution in [0.4, 0.5) is 5.82 Å². The first-order chi connectivity index (χ1) is 13.7. The number of carbonyl (C=O) groups excluding carboxylic acids is 1. The first-order valence-corrected chi connectivity index (χ1v) is 9.43. The van der Waals surface area contributed by atoms with Gasteiger partial charge in [0.05, 0.1) is 32.7 Å². The Labute approximate surface area is 163 Å². The SMILES string of the molecule is COc1ccc(CNC(=O)c2cnc(N3CCC4(CC3)OCCO4)cn2)cc1. The Morgan fingerprint density at radius 2 is 1.86 bits per heavy atom. The van der Waals surface area contributed by atoms with Gasteiger partial charge in [0.2, 0.25) is 0 Å². The highest BCUT2D eigenvalue weighted by Crippen LogP contribution is 2.32. The second-order valence-electron chi connectivity index (χ2n) is 6.89. The average Bonchev–Trinajstić information content (AvgIpc) is 3.21. The number of nitrogens with zero attached hydrogens (tertiary/aromatic N) is 3. The molecule has 1 N–H and O–H groups in total. The third-order valence-electron chi connectivity index (χ3n) is 5.15. The summed E-state index contributed by atoms with van der Waals surface area (Å²) in [6.45, 7) is 3.33. The number of hydrogen-bond donors (Lipinski definition) is 1. The minimum absolute atomic E-state index is 0.250. The van der Waals surface area contributed by atoms with Gasteiger partial charge in [0, 0.05) is 32.5 Å². The first-order valence-electron chi connectivity index (χ1n) is 9.43. The number of amides is 1. The predicted molar refractivity (Wildman–Crippen MR) is 102 cm³/mol. The molecule has 28 heavy (non-hydrogen) atoms. The van der Waals surface area contributed by atoms with Gasteiger partial charge in [-0.25, -0.2) is 9.97 Å². The summed E-state index contributed by atoms with van der Waals surface area (Å²) < 4.78 is 16.6. The zero-order valence-electron chi connectivity index (χ0n) is 15.9. The van der Waals surface area contributed by atoms with Crippen LogP contribution in [0.2, 0.25) is 0 Å². The molecule has 2 aliphatic rings. The Kier molecular flexibility index (Phi) is 5.40. The lowest BCUT2D eigenvalue weighted by atomic mass is 10.0. The number of piperidine rings is 1. The fourth-order valence-electron chi connectivity index (χ4n) is 3.48. The molecule has 2 aliphatic heterocycles. The fraction of sp³-hybridized carbons (Fsp3) is 0.450. The van der Waals surface area contributed by atoms with Crippen molar-refractivity contribution in [3.63, 3.8) is 0 Å². The van der Waals surface area contributed by atoms with Crippen LogP contribution in [-0.4, -0.2) is 55.1 Å². The number of carbonyl (C=O) groups is 1. The second kappa shape index (κ2) is 8.12. The maximum absolute atomic E-state index is 12.3. The minimum Gasteiger partial charge on any atom is -0.497 e.